The monoisotopic (exact) mass is 204 g/mol. The van der Waals surface area contributed by atoms with Crippen LogP contribution in [0.1, 0.15) is 5.56 Å². The van der Waals surface area contributed by atoms with Crippen molar-refractivity contribution in [2.75, 3.05) is 0 Å². The Hall–Kier alpha value is -2.24. The average Bonchev–Trinajstić information content (AvgIpc) is 2.80. The highest BCUT2D eigenvalue weighted by atomic mass is 16.5. The molecule has 1 aromatic heterocycles. The van der Waals surface area contributed by atoms with Gasteiger partial charge in [-0.2, -0.15) is 0 Å². The molecule has 0 aliphatic rings. The standard InChI is InChI=1S/C9H8N4O2/c14-7-15-5-8-1-3-9(4-2-8)13-6-10-11-12-13/h1-4,6-7H,5H2. The number of aromatic nitrogens is 4. The van der Waals surface area contributed by atoms with Crippen LogP contribution >= 0.6 is 0 Å². The zero-order chi connectivity index (χ0) is 10.5. The van der Waals surface area contributed by atoms with Crippen LogP contribution in [0.15, 0.2) is 30.6 Å². The van der Waals surface area contributed by atoms with E-state index in [0.29, 0.717) is 6.47 Å². The number of benzene rings is 1. The molecule has 1 aromatic carbocycles. The molecule has 2 aromatic rings. The van der Waals surface area contributed by atoms with E-state index in [1.807, 2.05) is 24.3 Å². The van der Waals surface area contributed by atoms with Gasteiger partial charge in [0.1, 0.15) is 12.9 Å². The fourth-order valence-electron chi connectivity index (χ4n) is 1.15. The molecule has 0 fully saturated rings. The fourth-order valence-corrected chi connectivity index (χ4v) is 1.15. The topological polar surface area (TPSA) is 69.9 Å². The zero-order valence-electron chi connectivity index (χ0n) is 7.78. The smallest absolute Gasteiger partial charge is 0.293 e. The van der Waals surface area contributed by atoms with Gasteiger partial charge in [-0.25, -0.2) is 4.68 Å². The molecule has 0 saturated heterocycles. The van der Waals surface area contributed by atoms with Crippen LogP contribution in [0.5, 0.6) is 0 Å². The Morgan fingerprint density at radius 1 is 1.33 bits per heavy atom. The van der Waals surface area contributed by atoms with Gasteiger partial charge in [-0.05, 0) is 28.1 Å². The maximum Gasteiger partial charge on any atom is 0.293 e. The third-order valence-electron chi connectivity index (χ3n) is 1.87. The number of ether oxygens (including phenoxy) is 1. The predicted molar refractivity (Wildman–Crippen MR) is 50.0 cm³/mol. The molecule has 0 aliphatic carbocycles. The predicted octanol–water partition coefficient (Wildman–Crippen LogP) is 0.335. The van der Waals surface area contributed by atoms with E-state index in [9.17, 15) is 4.79 Å². The summed E-state index contributed by atoms with van der Waals surface area (Å²) < 4.78 is 6.17. The first-order chi connectivity index (χ1) is 7.40. The molecule has 0 N–H and O–H groups in total. The van der Waals surface area contributed by atoms with Crippen LogP contribution in [0.2, 0.25) is 0 Å². The van der Waals surface area contributed by atoms with Gasteiger partial charge in [-0.15, -0.1) is 5.10 Å². The molecule has 0 spiro atoms. The summed E-state index contributed by atoms with van der Waals surface area (Å²) in [5.74, 6) is 0. The van der Waals surface area contributed by atoms with Crippen LogP contribution in [0.25, 0.3) is 5.69 Å². The summed E-state index contributed by atoms with van der Waals surface area (Å²) >= 11 is 0. The van der Waals surface area contributed by atoms with Crippen molar-refractivity contribution < 1.29 is 9.53 Å². The number of tetrazole rings is 1. The lowest BCUT2D eigenvalue weighted by Crippen LogP contribution is -1.96. The zero-order valence-corrected chi connectivity index (χ0v) is 7.78. The van der Waals surface area contributed by atoms with Crippen LogP contribution in [0, 0.1) is 0 Å². The number of carbonyl (C=O) groups excluding carboxylic acids is 1. The summed E-state index contributed by atoms with van der Waals surface area (Å²) in [5.41, 5.74) is 1.77. The quantitative estimate of drug-likeness (QED) is 0.671. The molecule has 76 valence electrons. The van der Waals surface area contributed by atoms with Gasteiger partial charge < -0.3 is 4.74 Å². The number of nitrogens with zero attached hydrogens (tertiary/aromatic N) is 4. The molecule has 0 saturated carbocycles. The van der Waals surface area contributed by atoms with Crippen molar-refractivity contribution in [3.63, 3.8) is 0 Å². The van der Waals surface area contributed by atoms with Crippen LogP contribution in [-0.2, 0) is 16.1 Å². The minimum absolute atomic E-state index is 0.277. The lowest BCUT2D eigenvalue weighted by atomic mass is 10.2. The van der Waals surface area contributed by atoms with Crippen molar-refractivity contribution in [1.82, 2.24) is 20.2 Å². The largest absolute Gasteiger partial charge is 0.463 e. The van der Waals surface area contributed by atoms with Gasteiger partial charge in [0.05, 0.1) is 5.69 Å². The summed E-state index contributed by atoms with van der Waals surface area (Å²) in [6, 6.07) is 7.39. The molecule has 0 amide bonds. The van der Waals surface area contributed by atoms with Gasteiger partial charge in [0.25, 0.3) is 6.47 Å². The van der Waals surface area contributed by atoms with E-state index in [0.717, 1.165) is 11.3 Å². The Balaban J connectivity index is 2.14. The van der Waals surface area contributed by atoms with E-state index in [2.05, 4.69) is 20.3 Å². The molecule has 6 nitrogen and oxygen atoms in total. The molecule has 2 rings (SSSR count). The second-order valence-electron chi connectivity index (χ2n) is 2.83. The van der Waals surface area contributed by atoms with Crippen molar-refractivity contribution in [2.45, 2.75) is 6.61 Å². The van der Waals surface area contributed by atoms with Crippen molar-refractivity contribution in [2.24, 2.45) is 0 Å². The average molecular weight is 204 g/mol. The molecule has 0 atom stereocenters. The highest BCUT2D eigenvalue weighted by Crippen LogP contribution is 2.08. The Kier molecular flexibility index (Phi) is 2.68. The summed E-state index contributed by atoms with van der Waals surface area (Å²) in [5, 5.41) is 10.8. The fraction of sp³-hybridized carbons (Fsp3) is 0.111. The Morgan fingerprint density at radius 2 is 2.13 bits per heavy atom. The number of carbonyl (C=O) groups is 1. The minimum atomic E-state index is 0.277. The van der Waals surface area contributed by atoms with Gasteiger partial charge >= 0.3 is 0 Å². The van der Waals surface area contributed by atoms with E-state index in [1.54, 1.807) is 4.68 Å². The first kappa shape index (κ1) is 9.32. The third-order valence-corrected chi connectivity index (χ3v) is 1.87. The van der Waals surface area contributed by atoms with E-state index in [4.69, 9.17) is 0 Å². The first-order valence-corrected chi connectivity index (χ1v) is 4.28. The summed E-state index contributed by atoms with van der Waals surface area (Å²) in [7, 11) is 0. The number of rotatable bonds is 4. The summed E-state index contributed by atoms with van der Waals surface area (Å²) in [6.07, 6.45) is 1.51. The van der Waals surface area contributed by atoms with Crippen LogP contribution in [0.3, 0.4) is 0 Å². The lowest BCUT2D eigenvalue weighted by Gasteiger charge is -2.01. The van der Waals surface area contributed by atoms with Crippen LogP contribution in [-0.4, -0.2) is 26.7 Å². The van der Waals surface area contributed by atoms with Crippen LogP contribution < -0.4 is 0 Å². The molecule has 0 radical (unpaired) electrons. The van der Waals surface area contributed by atoms with Crippen molar-refractivity contribution in [3.8, 4) is 5.69 Å². The SMILES string of the molecule is O=COCc1ccc(-n2cnnn2)cc1. The third kappa shape index (κ3) is 2.16. The van der Waals surface area contributed by atoms with Gasteiger partial charge in [0.15, 0.2) is 0 Å². The van der Waals surface area contributed by atoms with E-state index >= 15 is 0 Å². The molecule has 0 unspecified atom stereocenters. The molecule has 6 heteroatoms. The summed E-state index contributed by atoms with van der Waals surface area (Å²) in [4.78, 5) is 9.98. The molecule has 1 heterocycles. The molecular formula is C9H8N4O2. The minimum Gasteiger partial charge on any atom is -0.463 e. The maximum absolute atomic E-state index is 9.98. The molecular weight excluding hydrogens is 196 g/mol. The number of hydrogen-bond donors (Lipinski definition) is 0. The van der Waals surface area contributed by atoms with E-state index in [1.165, 1.54) is 6.33 Å². The van der Waals surface area contributed by atoms with Crippen molar-refractivity contribution in [3.05, 3.63) is 36.2 Å². The Morgan fingerprint density at radius 3 is 2.73 bits per heavy atom. The normalized spacial score (nSPS) is 9.87. The molecule has 0 bridgehead atoms. The lowest BCUT2D eigenvalue weighted by molar-refractivity contribution is -0.129. The highest BCUT2D eigenvalue weighted by Gasteiger charge is 1.98. The van der Waals surface area contributed by atoms with Gasteiger partial charge in [-0.3, -0.25) is 4.79 Å². The van der Waals surface area contributed by atoms with E-state index < -0.39 is 0 Å². The Bertz CT molecular complexity index is 424. The highest BCUT2D eigenvalue weighted by molar-refractivity contribution is 5.38. The second-order valence-corrected chi connectivity index (χ2v) is 2.83. The molecule has 0 aliphatic heterocycles. The first-order valence-electron chi connectivity index (χ1n) is 4.28. The number of hydrogen-bond acceptors (Lipinski definition) is 5. The van der Waals surface area contributed by atoms with Crippen molar-refractivity contribution in [1.29, 1.82) is 0 Å². The molecule has 15 heavy (non-hydrogen) atoms. The van der Waals surface area contributed by atoms with E-state index in [-0.39, 0.29) is 6.61 Å². The second kappa shape index (κ2) is 4.32. The Labute approximate surface area is 85.5 Å². The van der Waals surface area contributed by atoms with Gasteiger partial charge in [-0.1, -0.05) is 12.1 Å². The van der Waals surface area contributed by atoms with Gasteiger partial charge in [0, 0.05) is 0 Å². The maximum atomic E-state index is 9.98. The van der Waals surface area contributed by atoms with Crippen molar-refractivity contribution >= 4 is 6.47 Å². The van der Waals surface area contributed by atoms with Crippen LogP contribution in [0.4, 0.5) is 0 Å². The van der Waals surface area contributed by atoms with Gasteiger partial charge in [0.2, 0.25) is 0 Å². The summed E-state index contributed by atoms with van der Waals surface area (Å²) in [6.45, 7) is 0.703.